The van der Waals surface area contributed by atoms with E-state index in [0.717, 1.165) is 0 Å². The Morgan fingerprint density at radius 3 is 2.33 bits per heavy atom. The normalized spacial score (nSPS) is 38.4. The Morgan fingerprint density at radius 2 is 1.89 bits per heavy atom. The Labute approximate surface area is 109 Å². The van der Waals surface area contributed by atoms with Crippen LogP contribution < -0.4 is 5.32 Å². The van der Waals surface area contributed by atoms with Crippen molar-refractivity contribution in [3.8, 4) is 0 Å². The zero-order chi connectivity index (χ0) is 13.9. The first-order valence-corrected chi connectivity index (χ1v) is 5.95. The molecule has 0 aliphatic carbocycles. The van der Waals surface area contributed by atoms with Crippen LogP contribution in [-0.2, 0) is 9.53 Å². The lowest BCUT2D eigenvalue weighted by atomic mass is 9.98. The quantitative estimate of drug-likeness (QED) is 0.261. The molecule has 1 unspecified atom stereocenters. The van der Waals surface area contributed by atoms with E-state index >= 15 is 0 Å². The number of thiol groups is 1. The zero-order valence-corrected chi connectivity index (χ0v) is 10.3. The average molecular weight is 283 g/mol. The van der Waals surface area contributed by atoms with Crippen molar-refractivity contribution in [3.63, 3.8) is 0 Å². The fourth-order valence-electron chi connectivity index (χ4n) is 1.64. The SMILES string of the molecule is O=C(O)[C@H](CS)NC1O[C@H](CO)[C@@H](O)[C@H](O)[C@H]1O. The predicted octanol–water partition coefficient (Wildman–Crippen LogP) is -3.24. The van der Waals surface area contributed by atoms with E-state index < -0.39 is 49.3 Å². The van der Waals surface area contributed by atoms with E-state index in [9.17, 15) is 20.1 Å². The number of carboxylic acids is 1. The highest BCUT2D eigenvalue weighted by Crippen LogP contribution is 2.20. The fraction of sp³-hybridized carbons (Fsp3) is 0.889. The van der Waals surface area contributed by atoms with Crippen molar-refractivity contribution in [1.29, 1.82) is 0 Å². The molecule has 0 aromatic heterocycles. The molecule has 0 spiro atoms. The second-order valence-electron chi connectivity index (χ2n) is 3.99. The van der Waals surface area contributed by atoms with Gasteiger partial charge in [-0.25, -0.2) is 0 Å². The van der Waals surface area contributed by atoms with Crippen LogP contribution in [-0.4, -0.2) is 80.5 Å². The van der Waals surface area contributed by atoms with Crippen molar-refractivity contribution in [2.75, 3.05) is 12.4 Å². The van der Waals surface area contributed by atoms with Gasteiger partial charge in [-0.3, -0.25) is 10.1 Å². The lowest BCUT2D eigenvalue weighted by Crippen LogP contribution is -2.64. The number of carbonyl (C=O) groups is 1. The first kappa shape index (κ1) is 15.6. The summed E-state index contributed by atoms with van der Waals surface area (Å²) in [6.45, 7) is -0.568. The smallest absolute Gasteiger partial charge is 0.321 e. The molecule has 0 aromatic carbocycles. The number of carboxylic acid groups (broad SMARTS) is 1. The van der Waals surface area contributed by atoms with Crippen LogP contribution in [0, 0.1) is 0 Å². The van der Waals surface area contributed by atoms with E-state index in [0.29, 0.717) is 0 Å². The number of aliphatic hydroxyl groups excluding tert-OH is 4. The van der Waals surface area contributed by atoms with Crippen LogP contribution in [0.25, 0.3) is 0 Å². The fourth-order valence-corrected chi connectivity index (χ4v) is 1.90. The third-order valence-electron chi connectivity index (χ3n) is 2.74. The third-order valence-corrected chi connectivity index (χ3v) is 3.10. The van der Waals surface area contributed by atoms with Crippen LogP contribution in [0.5, 0.6) is 0 Å². The highest BCUT2D eigenvalue weighted by Gasteiger charge is 2.44. The van der Waals surface area contributed by atoms with Crippen LogP contribution in [0.1, 0.15) is 0 Å². The van der Waals surface area contributed by atoms with E-state index in [2.05, 4.69) is 17.9 Å². The van der Waals surface area contributed by atoms with E-state index in [-0.39, 0.29) is 5.75 Å². The highest BCUT2D eigenvalue weighted by atomic mass is 32.1. The maximum Gasteiger partial charge on any atom is 0.321 e. The monoisotopic (exact) mass is 283 g/mol. The van der Waals surface area contributed by atoms with Gasteiger partial charge in [-0.05, 0) is 0 Å². The van der Waals surface area contributed by atoms with Crippen LogP contribution in [0.3, 0.4) is 0 Å². The van der Waals surface area contributed by atoms with E-state index in [4.69, 9.17) is 14.9 Å². The summed E-state index contributed by atoms with van der Waals surface area (Å²) in [5.41, 5.74) is 0. The molecular formula is C9H17NO7S. The summed E-state index contributed by atoms with van der Waals surface area (Å²) in [6, 6.07) is -1.09. The molecule has 1 aliphatic heterocycles. The number of rotatable bonds is 5. The summed E-state index contributed by atoms with van der Waals surface area (Å²) in [5.74, 6) is -1.24. The second kappa shape index (κ2) is 6.66. The summed E-state index contributed by atoms with van der Waals surface area (Å²) in [7, 11) is 0. The second-order valence-corrected chi connectivity index (χ2v) is 4.35. The van der Waals surface area contributed by atoms with Gasteiger partial charge in [0.15, 0.2) is 0 Å². The number of hydrogen-bond donors (Lipinski definition) is 7. The van der Waals surface area contributed by atoms with Crippen molar-refractivity contribution in [2.24, 2.45) is 0 Å². The summed E-state index contributed by atoms with van der Waals surface area (Å²) in [5, 5.41) is 48.9. The minimum absolute atomic E-state index is 0.0512. The molecule has 0 amide bonds. The van der Waals surface area contributed by atoms with Crippen molar-refractivity contribution >= 4 is 18.6 Å². The van der Waals surface area contributed by atoms with Gasteiger partial charge in [0.05, 0.1) is 6.61 Å². The topological polar surface area (TPSA) is 139 Å². The number of ether oxygens (including phenoxy) is 1. The Balaban J connectivity index is 2.72. The van der Waals surface area contributed by atoms with Gasteiger partial charge >= 0.3 is 5.97 Å². The number of aliphatic carboxylic acids is 1. The molecule has 6 N–H and O–H groups in total. The molecule has 106 valence electrons. The van der Waals surface area contributed by atoms with Gasteiger partial charge in [-0.2, -0.15) is 12.6 Å². The van der Waals surface area contributed by atoms with E-state index in [1.54, 1.807) is 0 Å². The van der Waals surface area contributed by atoms with E-state index in [1.807, 2.05) is 0 Å². The van der Waals surface area contributed by atoms with Crippen LogP contribution >= 0.6 is 12.6 Å². The van der Waals surface area contributed by atoms with Crippen molar-refractivity contribution < 1.29 is 35.1 Å². The molecule has 0 aromatic rings. The van der Waals surface area contributed by atoms with Crippen LogP contribution in [0.2, 0.25) is 0 Å². The molecule has 1 aliphatic rings. The van der Waals surface area contributed by atoms with Crippen molar-refractivity contribution in [1.82, 2.24) is 5.32 Å². The molecule has 6 atom stereocenters. The largest absolute Gasteiger partial charge is 0.480 e. The number of nitrogens with one attached hydrogen (secondary N) is 1. The van der Waals surface area contributed by atoms with E-state index in [1.165, 1.54) is 0 Å². The predicted molar refractivity (Wildman–Crippen MR) is 62.2 cm³/mol. The summed E-state index contributed by atoms with van der Waals surface area (Å²) in [4.78, 5) is 10.8. The van der Waals surface area contributed by atoms with Gasteiger partial charge in [-0.1, -0.05) is 0 Å². The molecule has 0 bridgehead atoms. The molecule has 1 saturated heterocycles. The molecule has 0 saturated carbocycles. The van der Waals surface area contributed by atoms with Gasteiger partial charge in [0, 0.05) is 5.75 Å². The number of aliphatic hydroxyl groups is 4. The third kappa shape index (κ3) is 3.32. The lowest BCUT2D eigenvalue weighted by molar-refractivity contribution is -0.238. The lowest BCUT2D eigenvalue weighted by Gasteiger charge is -2.41. The van der Waals surface area contributed by atoms with Gasteiger partial charge in [-0.15, -0.1) is 0 Å². The Morgan fingerprint density at radius 1 is 1.28 bits per heavy atom. The molecule has 1 heterocycles. The highest BCUT2D eigenvalue weighted by molar-refractivity contribution is 7.80. The van der Waals surface area contributed by atoms with Crippen LogP contribution in [0.15, 0.2) is 0 Å². The van der Waals surface area contributed by atoms with Crippen LogP contribution in [0.4, 0.5) is 0 Å². The Hall–Kier alpha value is -0.420. The first-order chi connectivity index (χ1) is 8.42. The Bertz CT molecular complexity index is 290. The summed E-state index contributed by atoms with van der Waals surface area (Å²) in [6.07, 6.45) is -6.81. The minimum Gasteiger partial charge on any atom is -0.480 e. The maximum atomic E-state index is 10.8. The van der Waals surface area contributed by atoms with Crippen molar-refractivity contribution in [2.45, 2.75) is 36.7 Å². The molecule has 9 heteroatoms. The molecular weight excluding hydrogens is 266 g/mol. The summed E-state index contributed by atoms with van der Waals surface area (Å²) >= 11 is 3.83. The maximum absolute atomic E-state index is 10.8. The van der Waals surface area contributed by atoms with Gasteiger partial charge in [0.25, 0.3) is 0 Å². The average Bonchev–Trinajstić information content (AvgIpc) is 2.35. The minimum atomic E-state index is -1.54. The molecule has 18 heavy (non-hydrogen) atoms. The first-order valence-electron chi connectivity index (χ1n) is 5.32. The summed E-state index contributed by atoms with van der Waals surface area (Å²) < 4.78 is 5.09. The molecule has 1 fully saturated rings. The van der Waals surface area contributed by atoms with Gasteiger partial charge in [0.1, 0.15) is 36.7 Å². The standard InChI is InChI=1S/C9H17NO7S/c11-1-4-5(12)6(13)7(14)8(17-4)10-3(2-18)9(15)16/h3-8,10-14,18H,1-2H2,(H,15,16)/t3-,4+,5+,6-,7+,8?/m0/s1. The van der Waals surface area contributed by atoms with Crippen molar-refractivity contribution in [3.05, 3.63) is 0 Å². The molecule has 0 radical (unpaired) electrons. The number of hydrogen-bond acceptors (Lipinski definition) is 8. The zero-order valence-electron chi connectivity index (χ0n) is 9.38. The molecule has 8 nitrogen and oxygen atoms in total. The molecule has 1 rings (SSSR count). The van der Waals surface area contributed by atoms with Gasteiger partial charge < -0.3 is 30.3 Å². The Kier molecular flexibility index (Phi) is 5.79. The van der Waals surface area contributed by atoms with Gasteiger partial charge in [0.2, 0.25) is 0 Å².